The zero-order valence-electron chi connectivity index (χ0n) is 17.2. The SMILES string of the molecule is C=C=C1C(C(=O)OC)=CN2CCN(Cc3cccc(I)c3)C(=O)C2=C1OCCCC. The second-order valence-electron chi connectivity index (χ2n) is 7.02. The molecule has 0 radical (unpaired) electrons. The van der Waals surface area contributed by atoms with Crippen LogP contribution in [0.3, 0.4) is 0 Å². The van der Waals surface area contributed by atoms with Crippen molar-refractivity contribution >= 4 is 34.5 Å². The monoisotopic (exact) mass is 520 g/mol. The van der Waals surface area contributed by atoms with E-state index in [9.17, 15) is 9.59 Å². The largest absolute Gasteiger partial charge is 0.490 e. The van der Waals surface area contributed by atoms with Crippen LogP contribution in [0, 0.1) is 3.57 Å². The van der Waals surface area contributed by atoms with E-state index >= 15 is 0 Å². The Morgan fingerprint density at radius 1 is 1.33 bits per heavy atom. The van der Waals surface area contributed by atoms with Crippen molar-refractivity contribution in [3.05, 3.63) is 74.5 Å². The van der Waals surface area contributed by atoms with Crippen LogP contribution in [0.5, 0.6) is 0 Å². The van der Waals surface area contributed by atoms with Gasteiger partial charge in [0.2, 0.25) is 0 Å². The lowest BCUT2D eigenvalue weighted by molar-refractivity contribution is -0.136. The normalized spacial score (nSPS) is 16.2. The summed E-state index contributed by atoms with van der Waals surface area (Å²) in [6.45, 7) is 7.82. The highest BCUT2D eigenvalue weighted by Gasteiger charge is 2.38. The fourth-order valence-electron chi connectivity index (χ4n) is 3.44. The number of methoxy groups -OCH3 is 1. The minimum Gasteiger partial charge on any atom is -0.490 e. The Morgan fingerprint density at radius 3 is 2.80 bits per heavy atom. The Bertz CT molecular complexity index is 960. The molecule has 0 N–H and O–H groups in total. The second-order valence-corrected chi connectivity index (χ2v) is 8.26. The van der Waals surface area contributed by atoms with Crippen LogP contribution >= 0.6 is 22.6 Å². The number of hydrogen-bond acceptors (Lipinski definition) is 5. The van der Waals surface area contributed by atoms with Crippen molar-refractivity contribution in [2.75, 3.05) is 26.8 Å². The molecule has 6 nitrogen and oxygen atoms in total. The Labute approximate surface area is 190 Å². The van der Waals surface area contributed by atoms with Gasteiger partial charge in [0.05, 0.1) is 24.9 Å². The molecular weight excluding hydrogens is 495 g/mol. The van der Waals surface area contributed by atoms with Crippen molar-refractivity contribution in [1.29, 1.82) is 0 Å². The summed E-state index contributed by atoms with van der Waals surface area (Å²) >= 11 is 2.27. The van der Waals surface area contributed by atoms with Crippen LogP contribution in [0.1, 0.15) is 25.3 Å². The van der Waals surface area contributed by atoms with E-state index in [0.29, 0.717) is 48.8 Å². The first kappa shape index (κ1) is 22.2. The van der Waals surface area contributed by atoms with E-state index in [1.54, 1.807) is 16.0 Å². The third-order valence-electron chi connectivity index (χ3n) is 4.97. The topological polar surface area (TPSA) is 59.1 Å². The van der Waals surface area contributed by atoms with Crippen molar-refractivity contribution in [2.24, 2.45) is 0 Å². The van der Waals surface area contributed by atoms with E-state index in [4.69, 9.17) is 9.47 Å². The lowest BCUT2D eigenvalue weighted by Gasteiger charge is -2.39. The van der Waals surface area contributed by atoms with Crippen LogP contribution in [0.4, 0.5) is 0 Å². The predicted octanol–water partition coefficient (Wildman–Crippen LogP) is 3.75. The predicted molar refractivity (Wildman–Crippen MR) is 122 cm³/mol. The molecular formula is C23H25IN2O4. The summed E-state index contributed by atoms with van der Waals surface area (Å²) in [5.74, 6) is -0.302. The highest BCUT2D eigenvalue weighted by Crippen LogP contribution is 2.34. The van der Waals surface area contributed by atoms with E-state index in [-0.39, 0.29) is 5.91 Å². The van der Waals surface area contributed by atoms with Crippen molar-refractivity contribution < 1.29 is 19.1 Å². The average Bonchev–Trinajstić information content (AvgIpc) is 2.74. The van der Waals surface area contributed by atoms with Gasteiger partial charge in [0.15, 0.2) is 11.5 Å². The number of ether oxygens (including phenoxy) is 2. The molecule has 0 aliphatic carbocycles. The summed E-state index contributed by atoms with van der Waals surface area (Å²) in [6.07, 6.45) is 3.42. The minimum atomic E-state index is -0.509. The van der Waals surface area contributed by atoms with E-state index in [0.717, 1.165) is 22.0 Å². The van der Waals surface area contributed by atoms with Gasteiger partial charge in [-0.3, -0.25) is 4.79 Å². The fourth-order valence-corrected chi connectivity index (χ4v) is 4.05. The molecule has 7 heteroatoms. The van der Waals surface area contributed by atoms with Gasteiger partial charge in [0, 0.05) is 29.4 Å². The number of hydrogen-bond donors (Lipinski definition) is 0. The number of benzene rings is 1. The number of carbonyl (C=O) groups is 2. The number of halogens is 1. The zero-order chi connectivity index (χ0) is 21.7. The number of allylic oxidation sites excluding steroid dienone is 1. The molecule has 2 heterocycles. The van der Waals surface area contributed by atoms with Crippen LogP contribution in [0.2, 0.25) is 0 Å². The summed E-state index contributed by atoms with van der Waals surface area (Å²) in [7, 11) is 1.32. The maximum absolute atomic E-state index is 13.4. The molecule has 0 unspecified atom stereocenters. The molecule has 2 aliphatic heterocycles. The van der Waals surface area contributed by atoms with E-state index in [1.165, 1.54) is 7.11 Å². The Kier molecular flexibility index (Phi) is 7.39. The summed E-state index contributed by atoms with van der Waals surface area (Å²) in [4.78, 5) is 29.3. The van der Waals surface area contributed by atoms with Gasteiger partial charge in [-0.1, -0.05) is 32.1 Å². The number of nitrogens with zero attached hydrogens (tertiary/aromatic N) is 2. The molecule has 0 saturated carbocycles. The molecule has 1 aromatic carbocycles. The maximum Gasteiger partial charge on any atom is 0.340 e. The fraction of sp³-hybridized carbons (Fsp3) is 0.348. The molecule has 1 saturated heterocycles. The first-order valence-electron chi connectivity index (χ1n) is 9.88. The van der Waals surface area contributed by atoms with Crippen LogP contribution in [-0.2, 0) is 25.6 Å². The molecule has 0 spiro atoms. The summed E-state index contributed by atoms with van der Waals surface area (Å²) in [6, 6.07) is 8.09. The molecule has 30 heavy (non-hydrogen) atoms. The van der Waals surface area contributed by atoms with Gasteiger partial charge in [0.25, 0.3) is 5.91 Å². The highest BCUT2D eigenvalue weighted by molar-refractivity contribution is 14.1. The van der Waals surface area contributed by atoms with E-state index < -0.39 is 5.97 Å². The number of carbonyl (C=O) groups excluding carboxylic acids is 2. The van der Waals surface area contributed by atoms with Gasteiger partial charge < -0.3 is 19.3 Å². The quantitative estimate of drug-likeness (QED) is 0.237. The van der Waals surface area contributed by atoms with Gasteiger partial charge in [-0.2, -0.15) is 0 Å². The van der Waals surface area contributed by atoms with Crippen molar-refractivity contribution in [3.8, 4) is 0 Å². The molecule has 1 amide bonds. The molecule has 158 valence electrons. The van der Waals surface area contributed by atoms with Gasteiger partial charge >= 0.3 is 5.97 Å². The maximum atomic E-state index is 13.4. The third-order valence-corrected chi connectivity index (χ3v) is 5.64. The van der Waals surface area contributed by atoms with Gasteiger partial charge in [-0.05, 0) is 46.7 Å². The minimum absolute atomic E-state index is 0.139. The van der Waals surface area contributed by atoms with Crippen LogP contribution in [0.25, 0.3) is 0 Å². The van der Waals surface area contributed by atoms with Gasteiger partial charge in [0.1, 0.15) is 0 Å². The van der Waals surface area contributed by atoms with Crippen LogP contribution in [-0.4, -0.2) is 48.5 Å². The molecule has 0 atom stereocenters. The van der Waals surface area contributed by atoms with Crippen LogP contribution < -0.4 is 0 Å². The number of fused-ring (bicyclic) bond motifs is 1. The number of esters is 1. The number of piperazine rings is 1. The van der Waals surface area contributed by atoms with Crippen molar-refractivity contribution in [3.63, 3.8) is 0 Å². The van der Waals surface area contributed by atoms with Crippen LogP contribution in [0.15, 0.2) is 65.4 Å². The highest BCUT2D eigenvalue weighted by atomic mass is 127. The molecule has 1 aromatic rings. The molecule has 0 bridgehead atoms. The van der Waals surface area contributed by atoms with Crippen molar-refractivity contribution in [2.45, 2.75) is 26.3 Å². The second kappa shape index (κ2) is 10.00. The zero-order valence-corrected chi connectivity index (χ0v) is 19.4. The number of amides is 1. The lowest BCUT2D eigenvalue weighted by Crippen LogP contribution is -2.48. The van der Waals surface area contributed by atoms with Gasteiger partial charge in [-0.25, -0.2) is 4.79 Å². The Hall–Kier alpha value is -2.51. The molecule has 0 aromatic heterocycles. The summed E-state index contributed by atoms with van der Waals surface area (Å²) in [5, 5.41) is 0. The Balaban J connectivity index is 1.97. The third kappa shape index (κ3) is 4.63. The lowest BCUT2D eigenvalue weighted by atomic mass is 9.98. The van der Waals surface area contributed by atoms with E-state index in [1.807, 2.05) is 18.2 Å². The first-order chi connectivity index (χ1) is 14.5. The first-order valence-corrected chi connectivity index (χ1v) is 11.0. The summed E-state index contributed by atoms with van der Waals surface area (Å²) in [5.41, 5.74) is 4.94. The molecule has 2 aliphatic rings. The van der Waals surface area contributed by atoms with Crippen molar-refractivity contribution in [1.82, 2.24) is 9.80 Å². The number of unbranched alkanes of at least 4 members (excludes halogenated alkanes) is 1. The van der Waals surface area contributed by atoms with E-state index in [2.05, 4.69) is 47.9 Å². The smallest absolute Gasteiger partial charge is 0.340 e. The molecule has 3 rings (SSSR count). The summed E-state index contributed by atoms with van der Waals surface area (Å²) < 4.78 is 12.1. The van der Waals surface area contributed by atoms with Gasteiger partial charge in [-0.15, -0.1) is 5.73 Å². The molecule has 1 fully saturated rings. The number of rotatable bonds is 7. The average molecular weight is 520 g/mol. The standard InChI is InChI=1S/C23H25IN2O4/c1-4-6-12-30-21-18(5-2)19(23(28)29-3)15-25-10-11-26(22(27)20(21)25)14-16-8-7-9-17(24)13-16/h7-9,13,15H,2,4,6,10-12,14H2,1,3H3. The Morgan fingerprint density at radius 2 is 2.13 bits per heavy atom.